The van der Waals surface area contributed by atoms with E-state index in [-0.39, 0.29) is 24.7 Å². The van der Waals surface area contributed by atoms with Crippen LogP contribution in [0.1, 0.15) is 37.4 Å². The molecule has 2 aromatic carbocycles. The summed E-state index contributed by atoms with van der Waals surface area (Å²) in [6.45, 7) is 0.219. The van der Waals surface area contributed by atoms with Crippen molar-refractivity contribution >= 4 is 29.2 Å². The van der Waals surface area contributed by atoms with E-state index in [1.807, 2.05) is 6.07 Å². The highest BCUT2D eigenvalue weighted by Gasteiger charge is 2.35. The minimum Gasteiger partial charge on any atom is -0.366 e. The van der Waals surface area contributed by atoms with Crippen LogP contribution in [0.5, 0.6) is 0 Å². The minimum absolute atomic E-state index is 0.0630. The number of Topliss-reactive ketones (excluding diaryl/α,β-unsaturated/α-hetero) is 1. The molecule has 2 heterocycles. The van der Waals surface area contributed by atoms with Crippen LogP contribution in [-0.4, -0.2) is 33.5 Å². The van der Waals surface area contributed by atoms with Gasteiger partial charge in [0.1, 0.15) is 0 Å². The van der Waals surface area contributed by atoms with Crippen molar-refractivity contribution in [3.8, 4) is 0 Å². The summed E-state index contributed by atoms with van der Waals surface area (Å²) in [5, 5.41) is 0.485. The fourth-order valence-electron chi connectivity index (χ4n) is 3.81. The van der Waals surface area contributed by atoms with Gasteiger partial charge in [-0.1, -0.05) is 29.8 Å². The number of hydrogen-bond donors (Lipinski definition) is 1. The van der Waals surface area contributed by atoms with Crippen LogP contribution in [0.15, 0.2) is 67.0 Å². The number of primary amides is 1. The van der Waals surface area contributed by atoms with Crippen LogP contribution in [0.25, 0.3) is 0 Å². The summed E-state index contributed by atoms with van der Waals surface area (Å²) in [6, 6.07) is 14.8. The summed E-state index contributed by atoms with van der Waals surface area (Å²) < 4.78 is 0. The molecule has 0 saturated heterocycles. The summed E-state index contributed by atoms with van der Waals surface area (Å²) in [5.74, 6) is -0.815. The number of amides is 2. The first kappa shape index (κ1) is 20.8. The molecule has 0 radical (unpaired) electrons. The van der Waals surface area contributed by atoms with E-state index in [0.29, 0.717) is 28.1 Å². The Balaban J connectivity index is 1.73. The zero-order chi connectivity index (χ0) is 22.0. The van der Waals surface area contributed by atoms with Gasteiger partial charge in [-0.05, 0) is 53.1 Å². The SMILES string of the molecule is NC(=O)c1ccc(CN2C(=O)c3ccc(Cl)cc3CC(=O)[C@H]2Cc2cccnc2)cc1. The van der Waals surface area contributed by atoms with Crippen LogP contribution in [0.4, 0.5) is 0 Å². The number of benzene rings is 2. The minimum atomic E-state index is -0.654. The van der Waals surface area contributed by atoms with Gasteiger partial charge in [-0.15, -0.1) is 0 Å². The molecule has 2 N–H and O–H groups in total. The van der Waals surface area contributed by atoms with E-state index in [2.05, 4.69) is 4.98 Å². The number of hydrogen-bond acceptors (Lipinski definition) is 4. The molecule has 0 fully saturated rings. The number of aromatic nitrogens is 1. The highest BCUT2D eigenvalue weighted by Crippen LogP contribution is 2.27. The summed E-state index contributed by atoms with van der Waals surface area (Å²) in [5.41, 5.74) is 8.46. The van der Waals surface area contributed by atoms with Gasteiger partial charge < -0.3 is 10.6 Å². The number of carbonyl (C=O) groups is 3. The molecule has 0 saturated carbocycles. The molecule has 0 spiro atoms. The first-order valence-corrected chi connectivity index (χ1v) is 10.2. The Labute approximate surface area is 184 Å². The molecule has 7 heteroatoms. The predicted molar refractivity (Wildman–Crippen MR) is 117 cm³/mol. The average molecular weight is 434 g/mol. The number of nitrogens with zero attached hydrogens (tertiary/aromatic N) is 2. The second kappa shape index (κ2) is 8.70. The first-order chi connectivity index (χ1) is 14.9. The largest absolute Gasteiger partial charge is 0.366 e. The third-order valence-electron chi connectivity index (χ3n) is 5.41. The third-order valence-corrected chi connectivity index (χ3v) is 5.65. The van der Waals surface area contributed by atoms with Crippen molar-refractivity contribution < 1.29 is 14.4 Å². The monoisotopic (exact) mass is 433 g/mol. The van der Waals surface area contributed by atoms with Gasteiger partial charge >= 0.3 is 0 Å². The van der Waals surface area contributed by atoms with Gasteiger partial charge in [-0.3, -0.25) is 19.4 Å². The Morgan fingerprint density at radius 1 is 1.10 bits per heavy atom. The van der Waals surface area contributed by atoms with Crippen molar-refractivity contribution in [3.63, 3.8) is 0 Å². The predicted octanol–water partition coefficient (Wildman–Crippen LogP) is 3.21. The van der Waals surface area contributed by atoms with Crippen molar-refractivity contribution in [1.29, 1.82) is 0 Å². The van der Waals surface area contributed by atoms with Gasteiger partial charge in [0.05, 0.1) is 6.04 Å². The van der Waals surface area contributed by atoms with Crippen LogP contribution in [0, 0.1) is 0 Å². The molecular weight excluding hydrogens is 414 g/mol. The van der Waals surface area contributed by atoms with Gasteiger partial charge in [0.2, 0.25) is 5.91 Å². The maximum atomic E-state index is 13.5. The highest BCUT2D eigenvalue weighted by molar-refractivity contribution is 6.30. The topological polar surface area (TPSA) is 93.4 Å². The van der Waals surface area contributed by atoms with Crippen molar-refractivity contribution in [2.75, 3.05) is 0 Å². The Hall–Kier alpha value is -3.51. The number of pyridine rings is 1. The lowest BCUT2D eigenvalue weighted by Crippen LogP contribution is -2.44. The Morgan fingerprint density at radius 2 is 1.87 bits per heavy atom. The number of nitrogens with two attached hydrogens (primary N) is 1. The normalized spacial score (nSPS) is 16.0. The summed E-state index contributed by atoms with van der Waals surface area (Å²) in [7, 11) is 0. The van der Waals surface area contributed by atoms with Crippen LogP contribution >= 0.6 is 11.6 Å². The highest BCUT2D eigenvalue weighted by atomic mass is 35.5. The average Bonchev–Trinajstić information content (AvgIpc) is 2.85. The molecule has 0 aliphatic carbocycles. The van der Waals surface area contributed by atoms with E-state index in [1.165, 1.54) is 0 Å². The van der Waals surface area contributed by atoms with Crippen molar-refractivity contribution in [2.45, 2.75) is 25.4 Å². The summed E-state index contributed by atoms with van der Waals surface area (Å²) in [6.07, 6.45) is 3.86. The van der Waals surface area contributed by atoms with Gasteiger partial charge in [0.25, 0.3) is 5.91 Å². The van der Waals surface area contributed by atoms with Gasteiger partial charge in [0.15, 0.2) is 5.78 Å². The molecule has 1 aliphatic heterocycles. The second-order valence-corrected chi connectivity index (χ2v) is 7.96. The molecule has 2 amide bonds. The van der Waals surface area contributed by atoms with Gasteiger partial charge in [-0.25, -0.2) is 0 Å². The number of rotatable bonds is 5. The summed E-state index contributed by atoms with van der Waals surface area (Å²) >= 11 is 6.12. The van der Waals surface area contributed by atoms with E-state index in [0.717, 1.165) is 11.1 Å². The van der Waals surface area contributed by atoms with Gasteiger partial charge in [0, 0.05) is 47.9 Å². The molecule has 1 aromatic heterocycles. The standard InChI is InChI=1S/C24H20ClN3O3/c25-19-7-8-20-18(11-19)12-22(29)21(10-16-2-1-9-27-13-16)28(24(20)31)14-15-3-5-17(6-4-15)23(26)30/h1-9,11,13,21H,10,12,14H2,(H2,26,30)/t21-/m1/s1. The number of ketones is 1. The van der Waals surface area contributed by atoms with E-state index >= 15 is 0 Å². The molecule has 31 heavy (non-hydrogen) atoms. The van der Waals surface area contributed by atoms with E-state index in [4.69, 9.17) is 17.3 Å². The fourth-order valence-corrected chi connectivity index (χ4v) is 4.01. The lowest BCUT2D eigenvalue weighted by Gasteiger charge is -2.29. The van der Waals surface area contributed by atoms with Crippen molar-refractivity contribution in [3.05, 3.63) is 99.8 Å². The smallest absolute Gasteiger partial charge is 0.255 e. The molecule has 0 bridgehead atoms. The van der Waals surface area contributed by atoms with Gasteiger partial charge in [-0.2, -0.15) is 0 Å². The zero-order valence-electron chi connectivity index (χ0n) is 16.6. The molecule has 1 aliphatic rings. The molecule has 6 nitrogen and oxygen atoms in total. The van der Waals surface area contributed by atoms with Crippen LogP contribution < -0.4 is 5.73 Å². The lowest BCUT2D eigenvalue weighted by molar-refractivity contribution is -0.122. The zero-order valence-corrected chi connectivity index (χ0v) is 17.4. The van der Waals surface area contributed by atoms with Crippen molar-refractivity contribution in [1.82, 2.24) is 9.88 Å². The van der Waals surface area contributed by atoms with Crippen molar-refractivity contribution in [2.24, 2.45) is 5.73 Å². The van der Waals surface area contributed by atoms with Crippen LogP contribution in [0.3, 0.4) is 0 Å². The molecule has 4 rings (SSSR count). The van der Waals surface area contributed by atoms with E-state index in [9.17, 15) is 14.4 Å². The molecule has 3 aromatic rings. The van der Waals surface area contributed by atoms with E-state index in [1.54, 1.807) is 65.8 Å². The first-order valence-electron chi connectivity index (χ1n) is 9.82. The lowest BCUT2D eigenvalue weighted by atomic mass is 9.98. The number of carbonyl (C=O) groups excluding carboxylic acids is 3. The Bertz CT molecular complexity index is 1150. The quantitative estimate of drug-likeness (QED) is 0.668. The third kappa shape index (κ3) is 4.49. The fraction of sp³-hybridized carbons (Fsp3) is 0.167. The molecule has 1 atom stereocenters. The second-order valence-electron chi connectivity index (χ2n) is 7.52. The molecular formula is C24H20ClN3O3. The van der Waals surface area contributed by atoms with E-state index < -0.39 is 11.9 Å². The number of halogens is 1. The molecule has 0 unspecified atom stereocenters. The Kier molecular flexibility index (Phi) is 5.82. The number of fused-ring (bicyclic) bond motifs is 1. The summed E-state index contributed by atoms with van der Waals surface area (Å²) in [4.78, 5) is 43.9. The van der Waals surface area contributed by atoms with Crippen LogP contribution in [0.2, 0.25) is 5.02 Å². The maximum Gasteiger partial charge on any atom is 0.255 e. The maximum absolute atomic E-state index is 13.5. The Morgan fingerprint density at radius 3 is 2.55 bits per heavy atom. The molecule has 156 valence electrons. The van der Waals surface area contributed by atoms with Crippen LogP contribution in [-0.2, 0) is 24.2 Å².